The predicted octanol–water partition coefficient (Wildman–Crippen LogP) is 5.95. The van der Waals surface area contributed by atoms with Crippen LogP contribution in [0.1, 0.15) is 33.9 Å². The summed E-state index contributed by atoms with van der Waals surface area (Å²) < 4.78 is 16.9. The van der Waals surface area contributed by atoms with Crippen molar-refractivity contribution in [2.45, 2.75) is 26.0 Å². The van der Waals surface area contributed by atoms with Crippen molar-refractivity contribution in [2.75, 3.05) is 20.8 Å². The zero-order chi connectivity index (χ0) is 25.6. The van der Waals surface area contributed by atoms with Crippen LogP contribution in [0.5, 0.6) is 17.5 Å². The van der Waals surface area contributed by atoms with Crippen LogP contribution < -0.4 is 19.5 Å². The van der Waals surface area contributed by atoms with E-state index in [2.05, 4.69) is 76.8 Å². The fourth-order valence-electron chi connectivity index (χ4n) is 4.59. The molecule has 0 saturated carbocycles. The minimum Gasteiger partial charge on any atom is -0.493 e. The van der Waals surface area contributed by atoms with Crippen molar-refractivity contribution in [1.82, 2.24) is 15.3 Å². The van der Waals surface area contributed by atoms with Gasteiger partial charge in [-0.1, -0.05) is 60.7 Å². The smallest absolute Gasteiger partial charge is 0.316 e. The number of rotatable bonds is 8. The van der Waals surface area contributed by atoms with E-state index in [1.165, 1.54) is 22.3 Å². The van der Waals surface area contributed by atoms with Crippen molar-refractivity contribution in [3.8, 4) is 28.6 Å². The van der Waals surface area contributed by atoms with Crippen LogP contribution in [0.2, 0.25) is 0 Å². The Labute approximate surface area is 218 Å². The van der Waals surface area contributed by atoms with Gasteiger partial charge in [-0.25, -0.2) is 9.97 Å². The zero-order valence-electron chi connectivity index (χ0n) is 21.4. The molecule has 188 valence electrons. The molecule has 0 aliphatic carbocycles. The molecule has 0 saturated heterocycles. The average molecular weight is 494 g/mol. The third-order valence-corrected chi connectivity index (χ3v) is 6.64. The second-order valence-electron chi connectivity index (χ2n) is 9.05. The predicted molar refractivity (Wildman–Crippen MR) is 146 cm³/mol. The monoisotopic (exact) mass is 493 g/mol. The van der Waals surface area contributed by atoms with E-state index >= 15 is 0 Å². The quantitative estimate of drug-likeness (QED) is 0.327. The molecule has 6 heteroatoms. The Morgan fingerprint density at radius 2 is 1.73 bits per heavy atom. The molecular weight excluding hydrogens is 462 g/mol. The first kappa shape index (κ1) is 24.5. The molecule has 0 fully saturated rings. The normalized spacial score (nSPS) is 14.8. The first-order valence-corrected chi connectivity index (χ1v) is 12.4. The number of hydrogen-bond donors (Lipinski definition) is 1. The van der Waals surface area contributed by atoms with Crippen LogP contribution >= 0.6 is 0 Å². The van der Waals surface area contributed by atoms with Crippen LogP contribution in [-0.2, 0) is 13.0 Å². The molecule has 0 spiro atoms. The number of aryl methyl sites for hydroxylation is 1. The van der Waals surface area contributed by atoms with Gasteiger partial charge in [0.25, 0.3) is 0 Å². The molecule has 1 aromatic heterocycles. The van der Waals surface area contributed by atoms with Crippen molar-refractivity contribution < 1.29 is 14.2 Å². The second kappa shape index (κ2) is 11.3. The molecule has 0 radical (unpaired) electrons. The number of ether oxygens (including phenoxy) is 3. The van der Waals surface area contributed by atoms with Gasteiger partial charge in [-0.2, -0.15) is 0 Å². The summed E-state index contributed by atoms with van der Waals surface area (Å²) in [5.74, 6) is 1.53. The molecule has 1 unspecified atom stereocenters. The Hall–Kier alpha value is -4.16. The summed E-state index contributed by atoms with van der Waals surface area (Å²) in [6, 6.07) is 21.3. The molecule has 6 nitrogen and oxygen atoms in total. The minimum atomic E-state index is 0.0925. The Morgan fingerprint density at radius 1 is 0.919 bits per heavy atom. The van der Waals surface area contributed by atoms with E-state index in [4.69, 9.17) is 14.2 Å². The fraction of sp³-hybridized carbons (Fsp3) is 0.226. The number of nitrogens with zero attached hydrogens (tertiary/aromatic N) is 2. The second-order valence-corrected chi connectivity index (χ2v) is 9.05. The summed E-state index contributed by atoms with van der Waals surface area (Å²) >= 11 is 0. The molecule has 1 atom stereocenters. The van der Waals surface area contributed by atoms with Crippen LogP contribution in [0, 0.1) is 6.92 Å². The summed E-state index contributed by atoms with van der Waals surface area (Å²) in [5.41, 5.74) is 8.01. The number of methoxy groups -OCH3 is 2. The molecule has 37 heavy (non-hydrogen) atoms. The highest BCUT2D eigenvalue weighted by Gasteiger charge is 2.21. The third kappa shape index (κ3) is 5.65. The summed E-state index contributed by atoms with van der Waals surface area (Å²) in [7, 11) is 3.26. The van der Waals surface area contributed by atoms with Crippen molar-refractivity contribution >= 4 is 6.08 Å². The summed E-state index contributed by atoms with van der Waals surface area (Å²) in [6.45, 7) is 3.53. The lowest BCUT2D eigenvalue weighted by molar-refractivity contribution is 0.283. The summed E-state index contributed by atoms with van der Waals surface area (Å²) in [4.78, 5) is 8.43. The van der Waals surface area contributed by atoms with Crippen molar-refractivity contribution in [2.24, 2.45) is 0 Å². The first-order chi connectivity index (χ1) is 18.1. The van der Waals surface area contributed by atoms with E-state index < -0.39 is 0 Å². The van der Waals surface area contributed by atoms with Crippen LogP contribution in [0.25, 0.3) is 17.2 Å². The van der Waals surface area contributed by atoms with E-state index in [1.54, 1.807) is 26.6 Å². The standard InChI is InChI=1S/C31H31N3O3/c1-21-15-24(26-18-33-31(36-3)34-19-26)10-9-23(21)11-12-28-27-17-29(35-2)30(16-25(27)13-14-32-28)37-20-22-7-5-4-6-8-22/h4-12,15-19,28,32H,13-14,20H2,1-3H3/b12-11+. The summed E-state index contributed by atoms with van der Waals surface area (Å²) in [5, 5.41) is 3.63. The number of aromatic nitrogens is 2. The average Bonchev–Trinajstić information content (AvgIpc) is 2.95. The maximum atomic E-state index is 6.14. The molecule has 1 aliphatic heterocycles. The summed E-state index contributed by atoms with van der Waals surface area (Å²) in [6.07, 6.45) is 8.92. The van der Waals surface area contributed by atoms with Gasteiger partial charge in [0.1, 0.15) is 6.61 Å². The van der Waals surface area contributed by atoms with Crippen molar-refractivity contribution in [1.29, 1.82) is 0 Å². The Kier molecular flexibility index (Phi) is 7.47. The number of hydrogen-bond acceptors (Lipinski definition) is 6. The lowest BCUT2D eigenvalue weighted by Crippen LogP contribution is -2.28. The van der Waals surface area contributed by atoms with Crippen LogP contribution in [0.15, 0.2) is 79.1 Å². The fourth-order valence-corrected chi connectivity index (χ4v) is 4.59. The number of nitrogens with one attached hydrogen (secondary N) is 1. The highest BCUT2D eigenvalue weighted by Crippen LogP contribution is 2.36. The van der Waals surface area contributed by atoms with Gasteiger partial charge in [0, 0.05) is 24.5 Å². The van der Waals surface area contributed by atoms with E-state index in [1.807, 2.05) is 18.2 Å². The zero-order valence-corrected chi connectivity index (χ0v) is 21.4. The van der Waals surface area contributed by atoms with Gasteiger partial charge < -0.3 is 19.5 Å². The lowest BCUT2D eigenvalue weighted by atomic mass is 9.92. The maximum Gasteiger partial charge on any atom is 0.316 e. The van der Waals surface area contributed by atoms with Gasteiger partial charge in [-0.05, 0) is 58.9 Å². The van der Waals surface area contributed by atoms with Gasteiger partial charge in [-0.3, -0.25) is 0 Å². The highest BCUT2D eigenvalue weighted by molar-refractivity contribution is 5.67. The van der Waals surface area contributed by atoms with Gasteiger partial charge in [-0.15, -0.1) is 0 Å². The molecule has 2 heterocycles. The van der Waals surface area contributed by atoms with Gasteiger partial charge >= 0.3 is 6.01 Å². The van der Waals surface area contributed by atoms with Crippen LogP contribution in [0.3, 0.4) is 0 Å². The van der Waals surface area contributed by atoms with Gasteiger partial charge in [0.05, 0.1) is 20.3 Å². The molecule has 1 aliphatic rings. The largest absolute Gasteiger partial charge is 0.493 e. The number of fused-ring (bicyclic) bond motifs is 1. The molecular formula is C31H31N3O3. The van der Waals surface area contributed by atoms with Crippen molar-refractivity contribution in [3.05, 3.63) is 107 Å². The highest BCUT2D eigenvalue weighted by atomic mass is 16.5. The maximum absolute atomic E-state index is 6.14. The topological polar surface area (TPSA) is 65.5 Å². The van der Waals surface area contributed by atoms with Crippen LogP contribution in [-0.4, -0.2) is 30.7 Å². The molecule has 5 rings (SSSR count). The SMILES string of the molecule is COc1ncc(-c2ccc(/C=C/C3NCCc4cc(OCc5ccccc5)c(OC)cc43)c(C)c2)cn1. The van der Waals surface area contributed by atoms with Crippen molar-refractivity contribution in [3.63, 3.8) is 0 Å². The Balaban J connectivity index is 1.34. The van der Waals surface area contributed by atoms with E-state index in [9.17, 15) is 0 Å². The first-order valence-electron chi connectivity index (χ1n) is 12.4. The van der Waals surface area contributed by atoms with E-state index in [0.29, 0.717) is 12.6 Å². The molecule has 1 N–H and O–H groups in total. The van der Waals surface area contributed by atoms with E-state index in [-0.39, 0.29) is 6.04 Å². The third-order valence-electron chi connectivity index (χ3n) is 6.64. The molecule has 0 bridgehead atoms. The Morgan fingerprint density at radius 3 is 2.46 bits per heavy atom. The number of benzene rings is 3. The minimum absolute atomic E-state index is 0.0925. The molecule has 3 aromatic carbocycles. The van der Waals surface area contributed by atoms with E-state index in [0.717, 1.165) is 41.2 Å². The lowest BCUT2D eigenvalue weighted by Gasteiger charge is -2.26. The Bertz CT molecular complexity index is 1390. The van der Waals surface area contributed by atoms with Gasteiger partial charge in [0.2, 0.25) is 0 Å². The molecule has 4 aromatic rings. The van der Waals surface area contributed by atoms with Gasteiger partial charge in [0.15, 0.2) is 11.5 Å². The molecule has 0 amide bonds. The van der Waals surface area contributed by atoms with Crippen LogP contribution in [0.4, 0.5) is 0 Å².